The molecule has 22 heavy (non-hydrogen) atoms. The molecule has 4 rings (SSSR count). The van der Waals surface area contributed by atoms with E-state index < -0.39 is 5.41 Å². The van der Waals surface area contributed by atoms with E-state index in [0.717, 1.165) is 41.8 Å². The second-order valence-corrected chi connectivity index (χ2v) is 5.99. The molecule has 112 valence electrons. The first-order valence-electron chi connectivity index (χ1n) is 7.43. The van der Waals surface area contributed by atoms with Crippen LogP contribution in [0, 0.1) is 11.2 Å². The van der Waals surface area contributed by atoms with Gasteiger partial charge in [-0.2, -0.15) is 5.10 Å². The summed E-state index contributed by atoms with van der Waals surface area (Å²) in [5.74, 6) is -0.263. The standard InChI is InChI=1S/C17H16FN3O/c18-14-1-3-15(4-2-14)21-16-7-13-5-6-19-10-17(13,11-22)8-12(16)9-20-21/h1-4,7,9,11,19H,5-6,8,10H2. The lowest BCUT2D eigenvalue weighted by molar-refractivity contribution is -0.114. The highest BCUT2D eigenvalue weighted by Crippen LogP contribution is 2.40. The molecular formula is C17H16FN3O. The molecule has 0 spiro atoms. The molecule has 1 fully saturated rings. The number of aromatic nitrogens is 2. The largest absolute Gasteiger partial charge is 0.315 e. The van der Waals surface area contributed by atoms with E-state index in [1.165, 1.54) is 12.1 Å². The lowest BCUT2D eigenvalue weighted by atomic mass is 9.70. The quantitative estimate of drug-likeness (QED) is 0.864. The minimum atomic E-state index is -0.429. The SMILES string of the molecule is O=CC12CNCCC1=Cc1c(cnn1-c1ccc(F)cc1)C2. The van der Waals surface area contributed by atoms with E-state index in [2.05, 4.69) is 16.5 Å². The predicted molar refractivity (Wildman–Crippen MR) is 81.2 cm³/mol. The maximum absolute atomic E-state index is 13.1. The van der Waals surface area contributed by atoms with Gasteiger partial charge in [-0.3, -0.25) is 0 Å². The van der Waals surface area contributed by atoms with Gasteiger partial charge in [0.05, 0.1) is 23.0 Å². The molecule has 1 saturated heterocycles. The molecule has 5 heteroatoms. The van der Waals surface area contributed by atoms with Gasteiger partial charge < -0.3 is 10.1 Å². The lowest BCUT2D eigenvalue weighted by Crippen LogP contribution is -2.45. The third-order valence-electron chi connectivity index (χ3n) is 4.65. The van der Waals surface area contributed by atoms with Crippen molar-refractivity contribution >= 4 is 12.4 Å². The van der Waals surface area contributed by atoms with E-state index in [9.17, 15) is 9.18 Å². The van der Waals surface area contributed by atoms with Crippen molar-refractivity contribution in [2.24, 2.45) is 5.41 Å². The maximum atomic E-state index is 13.1. The summed E-state index contributed by atoms with van der Waals surface area (Å²) in [5.41, 5.74) is 3.62. The fourth-order valence-corrected chi connectivity index (χ4v) is 3.42. The molecule has 0 radical (unpaired) electrons. The molecule has 1 aromatic heterocycles. The molecule has 1 aliphatic heterocycles. The van der Waals surface area contributed by atoms with Crippen LogP contribution in [0.15, 0.2) is 36.0 Å². The summed E-state index contributed by atoms with van der Waals surface area (Å²) in [4.78, 5) is 11.7. The number of carbonyl (C=O) groups excluding carboxylic acids is 1. The fraction of sp³-hybridized carbons (Fsp3) is 0.294. The van der Waals surface area contributed by atoms with Crippen LogP contribution in [0.25, 0.3) is 11.8 Å². The third-order valence-corrected chi connectivity index (χ3v) is 4.65. The minimum Gasteiger partial charge on any atom is -0.315 e. The van der Waals surface area contributed by atoms with Crippen LogP contribution in [0.4, 0.5) is 4.39 Å². The summed E-state index contributed by atoms with van der Waals surface area (Å²) < 4.78 is 14.9. The molecular weight excluding hydrogens is 281 g/mol. The maximum Gasteiger partial charge on any atom is 0.131 e. The number of halogens is 1. The van der Waals surface area contributed by atoms with Crippen LogP contribution in [0.5, 0.6) is 0 Å². The van der Waals surface area contributed by atoms with Gasteiger partial charge >= 0.3 is 0 Å². The first-order valence-corrected chi connectivity index (χ1v) is 7.43. The van der Waals surface area contributed by atoms with E-state index >= 15 is 0 Å². The summed E-state index contributed by atoms with van der Waals surface area (Å²) in [6.45, 7) is 1.57. The Hall–Kier alpha value is -2.27. The molecule has 0 bridgehead atoms. The van der Waals surface area contributed by atoms with Crippen molar-refractivity contribution in [3.63, 3.8) is 0 Å². The van der Waals surface area contributed by atoms with Gasteiger partial charge in [-0.05, 0) is 55.3 Å². The van der Waals surface area contributed by atoms with Crippen LogP contribution in [0.3, 0.4) is 0 Å². The molecule has 2 aliphatic rings. The molecule has 2 heterocycles. The van der Waals surface area contributed by atoms with Crippen molar-refractivity contribution in [2.45, 2.75) is 12.8 Å². The Labute approximate surface area is 127 Å². The van der Waals surface area contributed by atoms with Crippen LogP contribution >= 0.6 is 0 Å². The Kier molecular flexibility index (Phi) is 2.97. The van der Waals surface area contributed by atoms with Gasteiger partial charge in [0.15, 0.2) is 0 Å². The van der Waals surface area contributed by atoms with Gasteiger partial charge in [0, 0.05) is 6.54 Å². The van der Waals surface area contributed by atoms with Gasteiger partial charge in [0.1, 0.15) is 12.1 Å². The topological polar surface area (TPSA) is 46.9 Å². The van der Waals surface area contributed by atoms with Gasteiger partial charge in [-0.15, -0.1) is 0 Å². The van der Waals surface area contributed by atoms with Crippen molar-refractivity contribution in [2.75, 3.05) is 13.1 Å². The molecule has 0 amide bonds. The number of hydrogen-bond acceptors (Lipinski definition) is 3. The van der Waals surface area contributed by atoms with Crippen LogP contribution in [-0.4, -0.2) is 29.2 Å². The van der Waals surface area contributed by atoms with Crippen molar-refractivity contribution in [3.8, 4) is 5.69 Å². The summed E-state index contributed by atoms with van der Waals surface area (Å²) in [6, 6.07) is 6.29. The molecule has 4 nitrogen and oxygen atoms in total. The van der Waals surface area contributed by atoms with E-state index in [0.29, 0.717) is 13.0 Å². The Balaban J connectivity index is 1.82. The van der Waals surface area contributed by atoms with Crippen molar-refractivity contribution in [3.05, 3.63) is 53.1 Å². The zero-order valence-corrected chi connectivity index (χ0v) is 12.1. The molecule has 0 saturated carbocycles. The normalized spacial score (nSPS) is 23.4. The molecule has 1 aliphatic carbocycles. The highest BCUT2D eigenvalue weighted by Gasteiger charge is 2.40. The summed E-state index contributed by atoms with van der Waals surface area (Å²) >= 11 is 0. The Bertz CT molecular complexity index is 763. The van der Waals surface area contributed by atoms with E-state index in [1.54, 1.807) is 12.1 Å². The molecule has 1 N–H and O–H groups in total. The number of piperidine rings is 1. The number of aldehydes is 1. The fourth-order valence-electron chi connectivity index (χ4n) is 3.42. The third kappa shape index (κ3) is 1.93. The minimum absolute atomic E-state index is 0.263. The van der Waals surface area contributed by atoms with E-state index in [1.807, 2.05) is 10.9 Å². The number of benzene rings is 1. The summed E-state index contributed by atoms with van der Waals surface area (Å²) in [7, 11) is 0. The number of nitrogens with zero attached hydrogens (tertiary/aromatic N) is 2. The second kappa shape index (κ2) is 4.88. The number of carbonyl (C=O) groups is 1. The highest BCUT2D eigenvalue weighted by atomic mass is 19.1. The zero-order valence-electron chi connectivity index (χ0n) is 12.1. The molecule has 1 aromatic carbocycles. The first kappa shape index (κ1) is 13.4. The average molecular weight is 297 g/mol. The number of fused-ring (bicyclic) bond motifs is 2. The molecule has 1 atom stereocenters. The summed E-state index contributed by atoms with van der Waals surface area (Å²) in [5, 5.41) is 7.74. The highest BCUT2D eigenvalue weighted by molar-refractivity contribution is 5.75. The smallest absolute Gasteiger partial charge is 0.131 e. The van der Waals surface area contributed by atoms with Crippen LogP contribution < -0.4 is 5.32 Å². The van der Waals surface area contributed by atoms with Gasteiger partial charge in [-0.1, -0.05) is 5.57 Å². The van der Waals surface area contributed by atoms with Crippen LogP contribution in [0.1, 0.15) is 17.7 Å². The number of rotatable bonds is 2. The van der Waals surface area contributed by atoms with Gasteiger partial charge in [-0.25, -0.2) is 9.07 Å². The lowest BCUT2D eigenvalue weighted by Gasteiger charge is -2.38. The van der Waals surface area contributed by atoms with Crippen molar-refractivity contribution < 1.29 is 9.18 Å². The second-order valence-electron chi connectivity index (χ2n) is 5.99. The van der Waals surface area contributed by atoms with E-state index in [-0.39, 0.29) is 5.82 Å². The van der Waals surface area contributed by atoms with Gasteiger partial charge in [0.25, 0.3) is 0 Å². The van der Waals surface area contributed by atoms with Crippen LogP contribution in [0.2, 0.25) is 0 Å². The van der Waals surface area contributed by atoms with Crippen molar-refractivity contribution in [1.29, 1.82) is 0 Å². The zero-order chi connectivity index (χ0) is 15.2. The predicted octanol–water partition coefficient (Wildman–Crippen LogP) is 2.13. The average Bonchev–Trinajstić information content (AvgIpc) is 2.95. The Morgan fingerprint density at radius 3 is 2.91 bits per heavy atom. The first-order chi connectivity index (χ1) is 10.7. The molecule has 1 unspecified atom stereocenters. The number of nitrogens with one attached hydrogen (secondary N) is 1. The Morgan fingerprint density at radius 1 is 1.32 bits per heavy atom. The van der Waals surface area contributed by atoms with E-state index in [4.69, 9.17) is 0 Å². The monoisotopic (exact) mass is 297 g/mol. The van der Waals surface area contributed by atoms with Gasteiger partial charge in [0.2, 0.25) is 0 Å². The van der Waals surface area contributed by atoms with Crippen molar-refractivity contribution in [1.82, 2.24) is 15.1 Å². The Morgan fingerprint density at radius 2 is 2.14 bits per heavy atom. The molecule has 2 aromatic rings. The summed E-state index contributed by atoms with van der Waals surface area (Å²) in [6.07, 6.45) is 6.51. The van der Waals surface area contributed by atoms with Crippen LogP contribution in [-0.2, 0) is 11.2 Å². The number of hydrogen-bond donors (Lipinski definition) is 1.